The third kappa shape index (κ3) is 5.18. The van der Waals surface area contributed by atoms with Crippen LogP contribution in [0.2, 0.25) is 0 Å². The Hall–Kier alpha value is -3.78. The molecule has 3 aromatic rings. The Labute approximate surface area is 173 Å². The van der Waals surface area contributed by atoms with Crippen molar-refractivity contribution in [2.75, 3.05) is 0 Å². The van der Waals surface area contributed by atoms with E-state index in [2.05, 4.69) is 21.9 Å². The highest BCUT2D eigenvalue weighted by Gasteiger charge is 2.29. The SMILES string of the molecule is C=N/C=C\OCc1cc(C(=O)O)cc(-c2nnc([C@](C)(N)Cc3ccccc3)o2)c1. The molecule has 3 rings (SSSR count). The molecule has 0 aliphatic heterocycles. The Kier molecular flexibility index (Phi) is 6.38. The largest absolute Gasteiger partial charge is 0.495 e. The molecule has 3 N–H and O–H groups in total. The van der Waals surface area contributed by atoms with Gasteiger partial charge in [0.05, 0.1) is 17.3 Å². The fourth-order valence-corrected chi connectivity index (χ4v) is 2.92. The summed E-state index contributed by atoms with van der Waals surface area (Å²) >= 11 is 0. The van der Waals surface area contributed by atoms with E-state index in [1.54, 1.807) is 6.07 Å². The summed E-state index contributed by atoms with van der Waals surface area (Å²) in [6.07, 6.45) is 3.27. The smallest absolute Gasteiger partial charge is 0.335 e. The third-order valence-electron chi connectivity index (χ3n) is 4.33. The van der Waals surface area contributed by atoms with Gasteiger partial charge in [-0.25, -0.2) is 4.79 Å². The second-order valence-corrected chi connectivity index (χ2v) is 6.99. The van der Waals surface area contributed by atoms with Gasteiger partial charge in [0.15, 0.2) is 0 Å². The Morgan fingerprint density at radius 3 is 2.73 bits per heavy atom. The zero-order valence-corrected chi connectivity index (χ0v) is 16.5. The molecule has 0 unspecified atom stereocenters. The van der Waals surface area contributed by atoms with Crippen molar-refractivity contribution >= 4 is 12.7 Å². The van der Waals surface area contributed by atoms with Crippen LogP contribution in [0.5, 0.6) is 0 Å². The molecule has 0 bridgehead atoms. The van der Waals surface area contributed by atoms with Crippen molar-refractivity contribution in [1.29, 1.82) is 0 Å². The molecule has 0 radical (unpaired) electrons. The molecule has 0 spiro atoms. The van der Waals surface area contributed by atoms with E-state index < -0.39 is 11.5 Å². The number of aromatic carboxylic acids is 1. The molecule has 0 saturated carbocycles. The Morgan fingerprint density at radius 1 is 1.27 bits per heavy atom. The van der Waals surface area contributed by atoms with Crippen LogP contribution < -0.4 is 5.73 Å². The van der Waals surface area contributed by atoms with Gasteiger partial charge in [-0.05, 0) is 49.4 Å². The van der Waals surface area contributed by atoms with Crippen molar-refractivity contribution in [2.24, 2.45) is 10.7 Å². The summed E-state index contributed by atoms with van der Waals surface area (Å²) in [6, 6.07) is 14.5. The maximum absolute atomic E-state index is 11.5. The number of hydrogen-bond donors (Lipinski definition) is 2. The number of aromatic nitrogens is 2. The van der Waals surface area contributed by atoms with Crippen LogP contribution in [0.15, 0.2) is 70.4 Å². The molecule has 30 heavy (non-hydrogen) atoms. The highest BCUT2D eigenvalue weighted by molar-refractivity contribution is 5.89. The molecule has 0 aliphatic rings. The van der Waals surface area contributed by atoms with Gasteiger partial charge in [0.2, 0.25) is 11.8 Å². The number of rotatable bonds is 9. The molecule has 1 aromatic heterocycles. The van der Waals surface area contributed by atoms with Crippen molar-refractivity contribution in [2.45, 2.75) is 25.5 Å². The number of ether oxygens (including phenoxy) is 1. The van der Waals surface area contributed by atoms with E-state index in [-0.39, 0.29) is 24.0 Å². The van der Waals surface area contributed by atoms with Crippen molar-refractivity contribution in [3.63, 3.8) is 0 Å². The maximum atomic E-state index is 11.5. The number of carboxylic acids is 1. The summed E-state index contributed by atoms with van der Waals surface area (Å²) in [5.74, 6) is -0.629. The number of nitrogens with zero attached hydrogens (tertiary/aromatic N) is 3. The summed E-state index contributed by atoms with van der Waals surface area (Å²) < 4.78 is 11.1. The van der Waals surface area contributed by atoms with Gasteiger partial charge in [0.1, 0.15) is 12.9 Å². The number of nitrogens with two attached hydrogens (primary N) is 1. The average molecular weight is 406 g/mol. The van der Waals surface area contributed by atoms with Gasteiger partial charge in [-0.1, -0.05) is 30.3 Å². The van der Waals surface area contributed by atoms with Crippen molar-refractivity contribution in [1.82, 2.24) is 10.2 Å². The molecule has 1 atom stereocenters. The second kappa shape index (κ2) is 9.15. The van der Waals surface area contributed by atoms with Gasteiger partial charge in [0, 0.05) is 5.56 Å². The second-order valence-electron chi connectivity index (χ2n) is 6.99. The van der Waals surface area contributed by atoms with Gasteiger partial charge >= 0.3 is 5.97 Å². The number of carbonyl (C=O) groups is 1. The lowest BCUT2D eigenvalue weighted by atomic mass is 9.94. The molecular weight excluding hydrogens is 384 g/mol. The van der Waals surface area contributed by atoms with Crippen molar-refractivity contribution < 1.29 is 19.1 Å². The van der Waals surface area contributed by atoms with Crippen LogP contribution in [0, 0.1) is 0 Å². The first kappa shape index (κ1) is 20.9. The van der Waals surface area contributed by atoms with Gasteiger partial charge < -0.3 is 20.0 Å². The minimum Gasteiger partial charge on any atom is -0.495 e. The molecule has 0 amide bonds. The van der Waals surface area contributed by atoms with E-state index >= 15 is 0 Å². The molecule has 8 nitrogen and oxygen atoms in total. The van der Waals surface area contributed by atoms with E-state index in [0.717, 1.165) is 5.56 Å². The Bertz CT molecular complexity index is 1060. The van der Waals surface area contributed by atoms with Crippen molar-refractivity contribution in [3.05, 3.63) is 83.6 Å². The van der Waals surface area contributed by atoms with E-state index in [9.17, 15) is 9.90 Å². The van der Waals surface area contributed by atoms with E-state index in [0.29, 0.717) is 17.5 Å². The fourth-order valence-electron chi connectivity index (χ4n) is 2.92. The van der Waals surface area contributed by atoms with Crippen LogP contribution in [-0.2, 0) is 23.3 Å². The Balaban J connectivity index is 1.87. The first-order chi connectivity index (χ1) is 14.4. The van der Waals surface area contributed by atoms with Gasteiger partial charge in [0.25, 0.3) is 0 Å². The first-order valence-corrected chi connectivity index (χ1v) is 9.16. The average Bonchev–Trinajstić information content (AvgIpc) is 3.23. The quantitative estimate of drug-likeness (QED) is 0.411. The summed E-state index contributed by atoms with van der Waals surface area (Å²) in [4.78, 5) is 15.1. The summed E-state index contributed by atoms with van der Waals surface area (Å²) in [5, 5.41) is 17.6. The van der Waals surface area contributed by atoms with Crippen molar-refractivity contribution in [3.8, 4) is 11.5 Å². The normalized spacial score (nSPS) is 13.1. The predicted molar refractivity (Wildman–Crippen MR) is 112 cm³/mol. The lowest BCUT2D eigenvalue weighted by Gasteiger charge is -2.20. The van der Waals surface area contributed by atoms with Crippen LogP contribution in [0.25, 0.3) is 11.5 Å². The summed E-state index contributed by atoms with van der Waals surface area (Å²) in [7, 11) is 0. The molecule has 2 aromatic carbocycles. The zero-order chi connectivity index (χ0) is 21.6. The fraction of sp³-hybridized carbons (Fsp3) is 0.182. The minimum absolute atomic E-state index is 0.0801. The standard InChI is InChI=1S/C22H22N4O4/c1-22(23,13-15-6-4-3-5-7-15)21-26-25-19(30-21)17-10-16(14-29-9-8-24-2)11-18(12-17)20(27)28/h3-12H,2,13-14,23H2,1H3,(H,27,28)/b9-8-/t22-/m1/s1. The first-order valence-electron chi connectivity index (χ1n) is 9.16. The van der Waals surface area contributed by atoms with Gasteiger partial charge in [-0.3, -0.25) is 4.99 Å². The minimum atomic E-state index is -1.08. The topological polar surface area (TPSA) is 124 Å². The molecule has 8 heteroatoms. The number of aliphatic imine (C=N–C) groups is 1. The highest BCUT2D eigenvalue weighted by atomic mass is 16.5. The monoisotopic (exact) mass is 406 g/mol. The van der Waals surface area contributed by atoms with E-state index in [4.69, 9.17) is 14.9 Å². The molecule has 0 fully saturated rings. The van der Waals surface area contributed by atoms with Crippen LogP contribution in [0.4, 0.5) is 0 Å². The van der Waals surface area contributed by atoms with Gasteiger partial charge in [-0.15, -0.1) is 10.2 Å². The van der Waals surface area contributed by atoms with Crippen LogP contribution >= 0.6 is 0 Å². The number of hydrogen-bond acceptors (Lipinski definition) is 7. The molecule has 154 valence electrons. The van der Waals surface area contributed by atoms with E-state index in [1.165, 1.54) is 24.6 Å². The lowest BCUT2D eigenvalue weighted by Crippen LogP contribution is -2.35. The van der Waals surface area contributed by atoms with Gasteiger partial charge in [-0.2, -0.15) is 0 Å². The van der Waals surface area contributed by atoms with Crippen LogP contribution in [0.3, 0.4) is 0 Å². The molecule has 0 saturated heterocycles. The molecule has 0 aliphatic carbocycles. The van der Waals surface area contributed by atoms with Crippen LogP contribution in [0.1, 0.15) is 34.3 Å². The maximum Gasteiger partial charge on any atom is 0.335 e. The van der Waals surface area contributed by atoms with E-state index in [1.807, 2.05) is 37.3 Å². The molecule has 1 heterocycles. The Morgan fingerprint density at radius 2 is 2.03 bits per heavy atom. The molecular formula is C22H22N4O4. The summed E-state index contributed by atoms with van der Waals surface area (Å²) in [6.45, 7) is 5.26. The highest BCUT2D eigenvalue weighted by Crippen LogP contribution is 2.27. The number of carboxylic acid groups (broad SMARTS) is 1. The van der Waals surface area contributed by atoms with Crippen LogP contribution in [-0.4, -0.2) is 28.0 Å². The number of benzene rings is 2. The summed E-state index contributed by atoms with van der Waals surface area (Å²) in [5.41, 5.74) is 7.76. The lowest BCUT2D eigenvalue weighted by molar-refractivity contribution is 0.0696. The predicted octanol–water partition coefficient (Wildman–Crippen LogP) is 3.54. The third-order valence-corrected chi connectivity index (χ3v) is 4.33. The zero-order valence-electron chi connectivity index (χ0n) is 16.5.